The number of nitrogens with two attached hydrogens (primary N) is 1. The first kappa shape index (κ1) is 13.8. The van der Waals surface area contributed by atoms with Crippen LogP contribution in [-0.2, 0) is 0 Å². The van der Waals surface area contributed by atoms with Crippen LogP contribution in [0.4, 0.5) is 0 Å². The normalized spacial score (nSPS) is 22.1. The molecule has 3 aliphatic rings. The number of hydrazone groups is 1. The Morgan fingerprint density at radius 1 is 1.19 bits per heavy atom. The minimum atomic E-state index is 0.506. The predicted octanol–water partition coefficient (Wildman–Crippen LogP) is 2.08. The molecule has 1 aromatic rings. The quantitative estimate of drug-likeness (QED) is 0.683. The maximum atomic E-state index is 5.61. The molecule has 3 fully saturated rings. The van der Waals surface area contributed by atoms with Crippen molar-refractivity contribution in [2.75, 3.05) is 27.3 Å². The van der Waals surface area contributed by atoms with Crippen LogP contribution in [-0.4, -0.2) is 37.9 Å². The Bertz CT molecular complexity index is 587. The summed E-state index contributed by atoms with van der Waals surface area (Å²) in [6, 6.07) is 5.91. The van der Waals surface area contributed by atoms with E-state index in [0.717, 1.165) is 54.4 Å². The number of benzene rings is 1. The van der Waals surface area contributed by atoms with Gasteiger partial charge in [-0.1, -0.05) is 6.07 Å². The van der Waals surface area contributed by atoms with Crippen molar-refractivity contribution in [1.82, 2.24) is 4.90 Å². The third-order valence-corrected chi connectivity index (χ3v) is 4.33. The second kappa shape index (κ2) is 5.68. The van der Waals surface area contributed by atoms with Crippen molar-refractivity contribution in [3.8, 4) is 11.5 Å². The molecule has 0 aliphatic carbocycles. The summed E-state index contributed by atoms with van der Waals surface area (Å²) in [5.41, 5.74) is 3.24. The van der Waals surface area contributed by atoms with Crippen LogP contribution < -0.4 is 15.3 Å². The minimum Gasteiger partial charge on any atom is -0.493 e. The first-order valence-corrected chi connectivity index (χ1v) is 7.23. The molecule has 0 aromatic heterocycles. The van der Waals surface area contributed by atoms with Gasteiger partial charge in [0.1, 0.15) is 0 Å². The lowest BCUT2D eigenvalue weighted by molar-refractivity contribution is 0.242. The summed E-state index contributed by atoms with van der Waals surface area (Å²) in [5.74, 6) is 7.58. The van der Waals surface area contributed by atoms with Crippen LogP contribution in [0.15, 0.2) is 29.0 Å². The fourth-order valence-electron chi connectivity index (χ4n) is 3.20. The molecule has 0 radical (unpaired) electrons. The Hall–Kier alpha value is -2.17. The van der Waals surface area contributed by atoms with E-state index < -0.39 is 0 Å². The molecule has 0 atom stereocenters. The molecule has 5 heteroatoms. The summed E-state index contributed by atoms with van der Waals surface area (Å²) in [5, 5.41) is 4.03. The zero-order valence-electron chi connectivity index (χ0n) is 12.5. The highest BCUT2D eigenvalue weighted by Gasteiger charge is 2.34. The van der Waals surface area contributed by atoms with Crippen LogP contribution in [0.5, 0.6) is 11.5 Å². The number of allylic oxidation sites excluding steroid dienone is 1. The highest BCUT2D eigenvalue weighted by Crippen LogP contribution is 2.34. The van der Waals surface area contributed by atoms with Crippen LogP contribution >= 0.6 is 0 Å². The lowest BCUT2D eigenvalue weighted by Gasteiger charge is -2.43. The Balaban J connectivity index is 1.97. The van der Waals surface area contributed by atoms with E-state index in [1.807, 2.05) is 18.2 Å². The van der Waals surface area contributed by atoms with Crippen molar-refractivity contribution in [3.05, 3.63) is 29.5 Å². The van der Waals surface area contributed by atoms with Crippen molar-refractivity contribution >= 4 is 11.8 Å². The number of fused-ring (bicyclic) bond motifs is 3. The number of piperidine rings is 3. The Kier molecular flexibility index (Phi) is 3.73. The molecule has 2 bridgehead atoms. The largest absolute Gasteiger partial charge is 0.493 e. The fourth-order valence-corrected chi connectivity index (χ4v) is 3.20. The second-order valence-electron chi connectivity index (χ2n) is 5.42. The second-order valence-corrected chi connectivity index (χ2v) is 5.42. The van der Waals surface area contributed by atoms with Gasteiger partial charge in [0.15, 0.2) is 11.5 Å². The van der Waals surface area contributed by atoms with E-state index in [1.54, 1.807) is 14.2 Å². The molecule has 112 valence electrons. The van der Waals surface area contributed by atoms with Gasteiger partial charge in [-0.25, -0.2) is 0 Å². The number of hydrogen-bond donors (Lipinski definition) is 1. The van der Waals surface area contributed by atoms with E-state index in [-0.39, 0.29) is 0 Å². The molecule has 0 spiro atoms. The molecule has 3 aliphatic heterocycles. The van der Waals surface area contributed by atoms with Gasteiger partial charge >= 0.3 is 0 Å². The zero-order valence-corrected chi connectivity index (χ0v) is 12.5. The van der Waals surface area contributed by atoms with E-state index in [4.69, 9.17) is 15.3 Å². The van der Waals surface area contributed by atoms with Gasteiger partial charge in [-0.3, -0.25) is 0 Å². The van der Waals surface area contributed by atoms with E-state index in [1.165, 1.54) is 0 Å². The average Bonchev–Trinajstić information content (AvgIpc) is 2.55. The molecule has 0 unspecified atom stereocenters. The first-order chi connectivity index (χ1) is 10.3. The highest BCUT2D eigenvalue weighted by molar-refractivity contribution is 6.05. The number of ether oxygens (including phenoxy) is 2. The van der Waals surface area contributed by atoms with Gasteiger partial charge in [-0.2, -0.15) is 5.10 Å². The molecular weight excluding hydrogens is 266 g/mol. The Morgan fingerprint density at radius 2 is 1.90 bits per heavy atom. The first-order valence-electron chi connectivity index (χ1n) is 7.23. The van der Waals surface area contributed by atoms with Gasteiger partial charge in [-0.15, -0.1) is 0 Å². The van der Waals surface area contributed by atoms with Crippen molar-refractivity contribution in [2.45, 2.75) is 12.8 Å². The van der Waals surface area contributed by atoms with Crippen LogP contribution in [0.25, 0.3) is 6.08 Å². The van der Waals surface area contributed by atoms with Crippen LogP contribution in [0, 0.1) is 5.92 Å². The standard InChI is InChI=1S/C16H21N3O2/c1-20-14-4-3-11(10-15(14)21-2)9-13-16(18-17)12-5-7-19(13)8-6-12/h3-4,9-10,12H,5-8,17H2,1-2H3/b13-9?,18-16+. The summed E-state index contributed by atoms with van der Waals surface area (Å²) in [6.45, 7) is 2.17. The minimum absolute atomic E-state index is 0.506. The number of rotatable bonds is 3. The molecular formula is C16H21N3O2. The van der Waals surface area contributed by atoms with Crippen molar-refractivity contribution < 1.29 is 9.47 Å². The topological polar surface area (TPSA) is 60.1 Å². The zero-order chi connectivity index (χ0) is 14.8. The molecule has 5 nitrogen and oxygen atoms in total. The lowest BCUT2D eigenvalue weighted by Crippen LogP contribution is -2.46. The molecule has 21 heavy (non-hydrogen) atoms. The smallest absolute Gasteiger partial charge is 0.161 e. The summed E-state index contributed by atoms with van der Waals surface area (Å²) in [7, 11) is 3.29. The van der Waals surface area contributed by atoms with Crippen molar-refractivity contribution in [2.24, 2.45) is 16.9 Å². The van der Waals surface area contributed by atoms with E-state index in [2.05, 4.69) is 16.1 Å². The highest BCUT2D eigenvalue weighted by atomic mass is 16.5. The van der Waals surface area contributed by atoms with Gasteiger partial charge in [0.05, 0.1) is 25.6 Å². The van der Waals surface area contributed by atoms with Gasteiger partial charge in [0.2, 0.25) is 0 Å². The third-order valence-electron chi connectivity index (χ3n) is 4.33. The predicted molar refractivity (Wildman–Crippen MR) is 83.4 cm³/mol. The van der Waals surface area contributed by atoms with E-state index in [0.29, 0.717) is 5.92 Å². The van der Waals surface area contributed by atoms with Gasteiger partial charge < -0.3 is 20.2 Å². The maximum absolute atomic E-state index is 5.61. The Morgan fingerprint density at radius 3 is 2.52 bits per heavy atom. The number of hydrogen-bond acceptors (Lipinski definition) is 5. The molecule has 0 saturated carbocycles. The molecule has 2 N–H and O–H groups in total. The molecule has 0 amide bonds. The Labute approximate surface area is 125 Å². The lowest BCUT2D eigenvalue weighted by atomic mass is 9.83. The van der Waals surface area contributed by atoms with Gasteiger partial charge in [0, 0.05) is 19.0 Å². The average molecular weight is 287 g/mol. The van der Waals surface area contributed by atoms with Crippen LogP contribution in [0.1, 0.15) is 18.4 Å². The molecule has 3 heterocycles. The summed E-state index contributed by atoms with van der Waals surface area (Å²) >= 11 is 0. The van der Waals surface area contributed by atoms with Crippen molar-refractivity contribution in [1.29, 1.82) is 0 Å². The monoisotopic (exact) mass is 287 g/mol. The molecule has 4 rings (SSSR count). The fraction of sp³-hybridized carbons (Fsp3) is 0.438. The van der Waals surface area contributed by atoms with Crippen LogP contribution in [0.2, 0.25) is 0 Å². The SMILES string of the molecule is COc1ccc(C=C2/C(=N/N)C3CCN2CC3)cc1OC. The van der Waals surface area contributed by atoms with Crippen molar-refractivity contribution in [3.63, 3.8) is 0 Å². The van der Waals surface area contributed by atoms with Crippen LogP contribution in [0.3, 0.4) is 0 Å². The number of nitrogens with zero attached hydrogens (tertiary/aromatic N) is 2. The van der Waals surface area contributed by atoms with Gasteiger partial charge in [0.25, 0.3) is 0 Å². The molecule has 1 aromatic carbocycles. The summed E-state index contributed by atoms with van der Waals surface area (Å²) in [4.78, 5) is 2.36. The third kappa shape index (κ3) is 2.44. The maximum Gasteiger partial charge on any atom is 0.161 e. The van der Waals surface area contributed by atoms with E-state index >= 15 is 0 Å². The van der Waals surface area contributed by atoms with E-state index in [9.17, 15) is 0 Å². The molecule has 3 saturated heterocycles. The van der Waals surface area contributed by atoms with Gasteiger partial charge in [-0.05, 0) is 36.6 Å². The summed E-state index contributed by atoms with van der Waals surface area (Å²) < 4.78 is 10.6. The number of methoxy groups -OCH3 is 2. The summed E-state index contributed by atoms with van der Waals surface area (Å²) in [6.07, 6.45) is 4.44.